The smallest absolute Gasteiger partial charge is 0.271 e. The molecule has 114 valence electrons. The first-order valence-corrected chi connectivity index (χ1v) is 7.61. The normalized spacial score (nSPS) is 18.5. The lowest BCUT2D eigenvalue weighted by Crippen LogP contribution is -2.38. The van der Waals surface area contributed by atoms with E-state index in [0.29, 0.717) is 12.8 Å². The summed E-state index contributed by atoms with van der Waals surface area (Å²) >= 11 is 0. The van der Waals surface area contributed by atoms with Crippen molar-refractivity contribution in [2.75, 3.05) is 12.3 Å². The van der Waals surface area contributed by atoms with E-state index in [1.54, 1.807) is 0 Å². The van der Waals surface area contributed by atoms with E-state index in [0.717, 1.165) is 18.2 Å². The van der Waals surface area contributed by atoms with Crippen LogP contribution in [0.5, 0.6) is 0 Å². The number of nitro groups is 1. The van der Waals surface area contributed by atoms with E-state index in [9.17, 15) is 23.3 Å². The molecule has 1 aliphatic rings. The Hall–Kier alpha value is -2.20. The Labute approximate surface area is 120 Å². The van der Waals surface area contributed by atoms with Crippen molar-refractivity contribution in [3.8, 4) is 0 Å². The van der Waals surface area contributed by atoms with Gasteiger partial charge in [0.15, 0.2) is 0 Å². The Balaban J connectivity index is 2.12. The largest absolute Gasteiger partial charge is 0.397 e. The molecule has 0 spiro atoms. The second kappa shape index (κ2) is 5.66. The third kappa shape index (κ3) is 3.47. The number of non-ortho nitro benzene ring substituents is 1. The van der Waals surface area contributed by atoms with Gasteiger partial charge in [0.25, 0.3) is 5.69 Å². The molecule has 1 saturated heterocycles. The Bertz CT molecular complexity index is 688. The van der Waals surface area contributed by atoms with Crippen LogP contribution in [0.2, 0.25) is 0 Å². The fourth-order valence-corrected chi connectivity index (χ4v) is 3.21. The van der Waals surface area contributed by atoms with Gasteiger partial charge in [-0.05, 0) is 12.5 Å². The van der Waals surface area contributed by atoms with Gasteiger partial charge >= 0.3 is 0 Å². The highest BCUT2D eigenvalue weighted by Crippen LogP contribution is 2.23. The molecule has 1 aliphatic heterocycles. The van der Waals surface area contributed by atoms with Crippen LogP contribution in [0.15, 0.2) is 23.1 Å². The van der Waals surface area contributed by atoms with E-state index in [2.05, 4.69) is 10.0 Å². The van der Waals surface area contributed by atoms with E-state index in [1.165, 1.54) is 0 Å². The van der Waals surface area contributed by atoms with Crippen molar-refractivity contribution in [2.45, 2.75) is 23.8 Å². The van der Waals surface area contributed by atoms with E-state index >= 15 is 0 Å². The van der Waals surface area contributed by atoms with Gasteiger partial charge < -0.3 is 11.1 Å². The Morgan fingerprint density at radius 2 is 2.19 bits per heavy atom. The predicted molar refractivity (Wildman–Crippen MR) is 73.9 cm³/mol. The van der Waals surface area contributed by atoms with Crippen LogP contribution >= 0.6 is 0 Å². The summed E-state index contributed by atoms with van der Waals surface area (Å²) in [6.07, 6.45) is 0.920. The molecule has 10 heteroatoms. The standard InChI is InChI=1S/C11H14N4O5S/c12-9-5-8(15(17)18)2-3-10(9)21(19,20)13-6-7-1-4-11(16)14-7/h2-3,5,7,13H,1,4,6,12H2,(H,14,16). The molecule has 1 fully saturated rings. The molecule has 1 amide bonds. The third-order valence-electron chi connectivity index (χ3n) is 3.10. The number of sulfonamides is 1. The van der Waals surface area contributed by atoms with Crippen molar-refractivity contribution in [2.24, 2.45) is 0 Å². The molecule has 1 unspecified atom stereocenters. The molecule has 21 heavy (non-hydrogen) atoms. The SMILES string of the molecule is Nc1cc([N+](=O)[O-])ccc1S(=O)(=O)NCC1CCC(=O)N1. The van der Waals surface area contributed by atoms with Gasteiger partial charge in [0.2, 0.25) is 15.9 Å². The molecule has 1 aromatic rings. The summed E-state index contributed by atoms with van der Waals surface area (Å²) in [5.41, 5.74) is 5.07. The highest BCUT2D eigenvalue weighted by molar-refractivity contribution is 7.89. The minimum atomic E-state index is -3.89. The Morgan fingerprint density at radius 3 is 2.71 bits per heavy atom. The number of rotatable bonds is 5. The number of carbonyl (C=O) groups is 1. The van der Waals surface area contributed by atoms with Crippen molar-refractivity contribution in [1.82, 2.24) is 10.0 Å². The molecule has 0 radical (unpaired) electrons. The van der Waals surface area contributed by atoms with E-state index in [4.69, 9.17) is 5.73 Å². The summed E-state index contributed by atoms with van der Waals surface area (Å²) in [5.74, 6) is -0.117. The zero-order valence-corrected chi connectivity index (χ0v) is 11.7. The number of amides is 1. The zero-order valence-electron chi connectivity index (χ0n) is 10.9. The number of nitrogens with two attached hydrogens (primary N) is 1. The summed E-state index contributed by atoms with van der Waals surface area (Å²) in [5, 5.41) is 13.2. The van der Waals surface area contributed by atoms with Crippen LogP contribution in [0, 0.1) is 10.1 Å². The molecular weight excluding hydrogens is 300 g/mol. The van der Waals surface area contributed by atoms with Gasteiger partial charge in [-0.1, -0.05) is 0 Å². The van der Waals surface area contributed by atoms with E-state index in [-0.39, 0.29) is 34.8 Å². The number of nitrogens with zero attached hydrogens (tertiary/aromatic N) is 1. The van der Waals surface area contributed by atoms with Crippen LogP contribution in [0.4, 0.5) is 11.4 Å². The van der Waals surface area contributed by atoms with E-state index in [1.807, 2.05) is 0 Å². The van der Waals surface area contributed by atoms with Crippen LogP contribution in [0.3, 0.4) is 0 Å². The van der Waals surface area contributed by atoms with Gasteiger partial charge in [-0.25, -0.2) is 13.1 Å². The summed E-state index contributed by atoms with van der Waals surface area (Å²) in [6, 6.07) is 2.89. The monoisotopic (exact) mass is 314 g/mol. The average Bonchev–Trinajstić information content (AvgIpc) is 2.82. The van der Waals surface area contributed by atoms with Crippen molar-refractivity contribution in [1.29, 1.82) is 0 Å². The second-order valence-corrected chi connectivity index (χ2v) is 6.37. The van der Waals surface area contributed by atoms with E-state index < -0.39 is 14.9 Å². The average molecular weight is 314 g/mol. The lowest BCUT2D eigenvalue weighted by atomic mass is 10.2. The first-order valence-electron chi connectivity index (χ1n) is 6.12. The fraction of sp³-hybridized carbons (Fsp3) is 0.364. The summed E-state index contributed by atoms with van der Waals surface area (Å²) in [6.45, 7) is 0.0461. The molecule has 4 N–H and O–H groups in total. The van der Waals surface area contributed by atoms with Crippen LogP contribution in [-0.2, 0) is 14.8 Å². The van der Waals surface area contributed by atoms with Gasteiger partial charge in [0.1, 0.15) is 4.90 Å². The van der Waals surface area contributed by atoms with Gasteiger partial charge in [-0.15, -0.1) is 0 Å². The summed E-state index contributed by atoms with van der Waals surface area (Å²) < 4.78 is 26.5. The molecule has 1 heterocycles. The molecule has 1 aromatic carbocycles. The summed E-state index contributed by atoms with van der Waals surface area (Å²) in [7, 11) is -3.89. The Kier molecular flexibility index (Phi) is 4.09. The first-order chi connectivity index (χ1) is 9.79. The molecule has 1 atom stereocenters. The molecule has 0 bridgehead atoms. The van der Waals surface area contributed by atoms with Crippen molar-refractivity contribution >= 4 is 27.3 Å². The van der Waals surface area contributed by atoms with Crippen molar-refractivity contribution < 1.29 is 18.1 Å². The highest BCUT2D eigenvalue weighted by atomic mass is 32.2. The van der Waals surface area contributed by atoms with Crippen LogP contribution in [0.1, 0.15) is 12.8 Å². The number of hydrogen-bond donors (Lipinski definition) is 3. The first kappa shape index (κ1) is 15.2. The third-order valence-corrected chi connectivity index (χ3v) is 4.60. The van der Waals surface area contributed by atoms with Crippen LogP contribution in [-0.4, -0.2) is 31.8 Å². The molecule has 0 aliphatic carbocycles. The topological polar surface area (TPSA) is 144 Å². The van der Waals surface area contributed by atoms with Crippen molar-refractivity contribution in [3.05, 3.63) is 28.3 Å². The predicted octanol–water partition coefficient (Wildman–Crippen LogP) is -0.266. The minimum absolute atomic E-state index is 0.0461. The maximum Gasteiger partial charge on any atom is 0.271 e. The molecule has 0 aromatic heterocycles. The highest BCUT2D eigenvalue weighted by Gasteiger charge is 2.25. The number of nitrogen functional groups attached to an aromatic ring is 1. The zero-order chi connectivity index (χ0) is 15.6. The molecule has 0 saturated carbocycles. The molecule has 2 rings (SSSR count). The maximum atomic E-state index is 12.1. The Morgan fingerprint density at radius 1 is 1.48 bits per heavy atom. The molecular formula is C11H14N4O5S. The number of hydrogen-bond acceptors (Lipinski definition) is 6. The number of nitro benzene ring substituents is 1. The number of benzene rings is 1. The van der Waals surface area contributed by atoms with Gasteiger partial charge in [0, 0.05) is 31.1 Å². The van der Waals surface area contributed by atoms with Gasteiger partial charge in [-0.2, -0.15) is 0 Å². The second-order valence-electron chi connectivity index (χ2n) is 4.63. The van der Waals surface area contributed by atoms with Gasteiger partial charge in [0.05, 0.1) is 10.6 Å². The minimum Gasteiger partial charge on any atom is -0.397 e. The quantitative estimate of drug-likeness (QED) is 0.388. The van der Waals surface area contributed by atoms with Gasteiger partial charge in [-0.3, -0.25) is 14.9 Å². The maximum absolute atomic E-state index is 12.1. The number of nitrogens with one attached hydrogen (secondary N) is 2. The van der Waals surface area contributed by atoms with Crippen LogP contribution < -0.4 is 15.8 Å². The lowest BCUT2D eigenvalue weighted by Gasteiger charge is -2.12. The lowest BCUT2D eigenvalue weighted by molar-refractivity contribution is -0.384. The van der Waals surface area contributed by atoms with Crippen LogP contribution in [0.25, 0.3) is 0 Å². The summed E-state index contributed by atoms with van der Waals surface area (Å²) in [4.78, 5) is 20.7. The van der Waals surface area contributed by atoms with Crippen molar-refractivity contribution in [3.63, 3.8) is 0 Å². The number of carbonyl (C=O) groups excluding carboxylic acids is 1. The fourth-order valence-electron chi connectivity index (χ4n) is 2.01. The molecule has 9 nitrogen and oxygen atoms in total. The number of anilines is 1.